The third-order valence-corrected chi connectivity index (χ3v) is 4.67. The molecule has 0 aliphatic heterocycles. The van der Waals surface area contributed by atoms with Crippen LogP contribution in [0, 0.1) is 0 Å². The van der Waals surface area contributed by atoms with Gasteiger partial charge in [-0.3, -0.25) is 9.78 Å². The number of nitrogens with zero attached hydrogens (tertiary/aromatic N) is 1. The molecule has 1 amide bonds. The topological polar surface area (TPSA) is 42.0 Å². The Labute approximate surface area is 163 Å². The van der Waals surface area contributed by atoms with Gasteiger partial charge in [-0.2, -0.15) is 0 Å². The molecule has 0 bridgehead atoms. The van der Waals surface area contributed by atoms with Crippen LogP contribution in [0.2, 0.25) is 0 Å². The number of anilines is 1. The summed E-state index contributed by atoms with van der Waals surface area (Å²) in [4.78, 5) is 16.6. The Hall–Kier alpha value is -2.81. The minimum absolute atomic E-state index is 0. The molecule has 1 N–H and O–H groups in total. The van der Waals surface area contributed by atoms with Gasteiger partial charge in [0.15, 0.2) is 0 Å². The van der Waals surface area contributed by atoms with E-state index in [9.17, 15) is 4.79 Å². The second kappa shape index (κ2) is 6.49. The van der Waals surface area contributed by atoms with E-state index in [1.54, 1.807) is 18.3 Å². The van der Waals surface area contributed by atoms with E-state index in [-0.39, 0.29) is 26.0 Å². The maximum absolute atomic E-state index is 12.5. The Bertz CT molecular complexity index is 1220. The van der Waals surface area contributed by atoms with E-state index in [1.165, 1.54) is 26.9 Å². The minimum Gasteiger partial charge on any atom is -0.320 e. The SMILES string of the molecule is O=C(Nc1ccc2ccc3cccc4ccc1c2c34)c1ccccn1.[Ir]. The van der Waals surface area contributed by atoms with Gasteiger partial charge in [-0.25, -0.2) is 0 Å². The zero-order valence-electron chi connectivity index (χ0n) is 13.7. The fraction of sp³-hybridized carbons (Fsp3) is 0. The first-order valence-electron chi connectivity index (χ1n) is 8.20. The molecule has 127 valence electrons. The minimum atomic E-state index is -0.198. The summed E-state index contributed by atoms with van der Waals surface area (Å²) in [5.74, 6) is -0.198. The van der Waals surface area contributed by atoms with Gasteiger partial charge in [0.25, 0.3) is 5.91 Å². The molecule has 0 spiro atoms. The number of carbonyl (C=O) groups is 1. The Balaban J connectivity index is 0.00000168. The van der Waals surface area contributed by atoms with Crippen LogP contribution in [-0.4, -0.2) is 10.9 Å². The van der Waals surface area contributed by atoms with Crippen molar-refractivity contribution in [3.05, 3.63) is 84.7 Å². The molecule has 4 aromatic carbocycles. The van der Waals surface area contributed by atoms with Crippen LogP contribution < -0.4 is 5.32 Å². The Morgan fingerprint density at radius 2 is 1.42 bits per heavy atom. The maximum Gasteiger partial charge on any atom is 0.274 e. The molecule has 0 saturated heterocycles. The number of hydrogen-bond donors (Lipinski definition) is 1. The van der Waals surface area contributed by atoms with Gasteiger partial charge in [0, 0.05) is 37.4 Å². The molecule has 3 nitrogen and oxygen atoms in total. The summed E-state index contributed by atoms with van der Waals surface area (Å²) in [6.45, 7) is 0. The molecule has 0 unspecified atom stereocenters. The molecule has 5 aromatic rings. The van der Waals surface area contributed by atoms with Crippen molar-refractivity contribution in [2.75, 3.05) is 5.32 Å². The van der Waals surface area contributed by atoms with Crippen molar-refractivity contribution >= 4 is 43.9 Å². The second-order valence-corrected chi connectivity index (χ2v) is 6.14. The summed E-state index contributed by atoms with van der Waals surface area (Å²) in [6, 6.07) is 24.1. The van der Waals surface area contributed by atoms with Gasteiger partial charge in [-0.15, -0.1) is 0 Å². The van der Waals surface area contributed by atoms with Crippen LogP contribution in [0.1, 0.15) is 10.5 Å². The first kappa shape index (κ1) is 16.6. The molecule has 26 heavy (non-hydrogen) atoms. The summed E-state index contributed by atoms with van der Waals surface area (Å²) >= 11 is 0. The average Bonchev–Trinajstić information content (AvgIpc) is 2.68. The van der Waals surface area contributed by atoms with Crippen LogP contribution in [-0.2, 0) is 20.1 Å². The quantitative estimate of drug-likeness (QED) is 0.328. The van der Waals surface area contributed by atoms with E-state index in [0.717, 1.165) is 11.1 Å². The van der Waals surface area contributed by atoms with E-state index in [1.807, 2.05) is 12.1 Å². The number of benzene rings is 4. The molecule has 1 radical (unpaired) electrons. The molecule has 0 atom stereocenters. The number of pyridine rings is 1. The standard InChI is InChI=1S/C22H14N2O.Ir/c25-22(19-6-1-2-13-23-19)24-18-12-10-16-8-7-14-4-3-5-15-9-11-17(18)21(16)20(14)15;/h1-13H,(H,24,25);. The summed E-state index contributed by atoms with van der Waals surface area (Å²) in [5.41, 5.74) is 1.22. The van der Waals surface area contributed by atoms with E-state index in [2.05, 4.69) is 58.8 Å². The number of carbonyl (C=O) groups excluding carboxylic acids is 1. The maximum atomic E-state index is 12.5. The predicted octanol–water partition coefficient (Wildman–Crippen LogP) is 5.23. The Morgan fingerprint density at radius 1 is 0.731 bits per heavy atom. The third-order valence-electron chi connectivity index (χ3n) is 4.67. The molecule has 0 saturated carbocycles. The van der Waals surface area contributed by atoms with Crippen molar-refractivity contribution in [2.24, 2.45) is 0 Å². The summed E-state index contributed by atoms with van der Waals surface area (Å²) in [7, 11) is 0. The molecule has 0 aliphatic carbocycles. The van der Waals surface area contributed by atoms with Gasteiger partial charge in [0.2, 0.25) is 0 Å². The Morgan fingerprint density at radius 3 is 2.15 bits per heavy atom. The fourth-order valence-corrected chi connectivity index (χ4v) is 3.53. The molecule has 1 aromatic heterocycles. The summed E-state index contributed by atoms with van der Waals surface area (Å²) < 4.78 is 0. The molecule has 5 rings (SSSR count). The van der Waals surface area contributed by atoms with Crippen LogP contribution in [0.3, 0.4) is 0 Å². The van der Waals surface area contributed by atoms with E-state index < -0.39 is 0 Å². The smallest absolute Gasteiger partial charge is 0.274 e. The van der Waals surface area contributed by atoms with Gasteiger partial charge >= 0.3 is 0 Å². The van der Waals surface area contributed by atoms with Crippen molar-refractivity contribution in [1.29, 1.82) is 0 Å². The van der Waals surface area contributed by atoms with Crippen LogP contribution >= 0.6 is 0 Å². The second-order valence-electron chi connectivity index (χ2n) is 6.14. The molecule has 4 heteroatoms. The fourth-order valence-electron chi connectivity index (χ4n) is 3.53. The third kappa shape index (κ3) is 2.55. The first-order chi connectivity index (χ1) is 12.3. The van der Waals surface area contributed by atoms with Gasteiger partial charge in [-0.1, -0.05) is 54.6 Å². The van der Waals surface area contributed by atoms with Gasteiger partial charge in [0.05, 0.1) is 0 Å². The molecular formula is C22H14IrN2O. The summed E-state index contributed by atoms with van der Waals surface area (Å²) in [5, 5.41) is 10.1. The molecular weight excluding hydrogens is 500 g/mol. The number of hydrogen-bond acceptors (Lipinski definition) is 2. The zero-order chi connectivity index (χ0) is 16.8. The summed E-state index contributed by atoms with van der Waals surface area (Å²) in [6.07, 6.45) is 1.62. The van der Waals surface area contributed by atoms with Gasteiger partial charge < -0.3 is 5.32 Å². The van der Waals surface area contributed by atoms with Gasteiger partial charge in [0.1, 0.15) is 5.69 Å². The predicted molar refractivity (Wildman–Crippen MR) is 102 cm³/mol. The first-order valence-corrected chi connectivity index (χ1v) is 8.20. The van der Waals surface area contributed by atoms with Crippen LogP contribution in [0.4, 0.5) is 5.69 Å². The number of aromatic nitrogens is 1. The number of amides is 1. The average molecular weight is 515 g/mol. The molecule has 1 heterocycles. The van der Waals surface area contributed by atoms with Crippen molar-refractivity contribution in [3.63, 3.8) is 0 Å². The van der Waals surface area contributed by atoms with Crippen LogP contribution in [0.5, 0.6) is 0 Å². The molecule has 0 aliphatic rings. The number of rotatable bonds is 2. The normalized spacial score (nSPS) is 10.9. The van der Waals surface area contributed by atoms with E-state index in [4.69, 9.17) is 0 Å². The van der Waals surface area contributed by atoms with Crippen molar-refractivity contribution in [1.82, 2.24) is 4.98 Å². The van der Waals surface area contributed by atoms with Crippen LogP contribution in [0.25, 0.3) is 32.3 Å². The van der Waals surface area contributed by atoms with Gasteiger partial charge in [-0.05, 0) is 45.1 Å². The monoisotopic (exact) mass is 515 g/mol. The van der Waals surface area contributed by atoms with Crippen LogP contribution in [0.15, 0.2) is 79.0 Å². The van der Waals surface area contributed by atoms with E-state index >= 15 is 0 Å². The van der Waals surface area contributed by atoms with Crippen molar-refractivity contribution in [3.8, 4) is 0 Å². The van der Waals surface area contributed by atoms with Crippen molar-refractivity contribution in [2.45, 2.75) is 0 Å². The largest absolute Gasteiger partial charge is 0.320 e. The Kier molecular flexibility index (Phi) is 4.15. The number of nitrogens with one attached hydrogen (secondary N) is 1. The zero-order valence-corrected chi connectivity index (χ0v) is 16.1. The van der Waals surface area contributed by atoms with Crippen molar-refractivity contribution < 1.29 is 24.9 Å². The molecule has 0 fully saturated rings. The van der Waals surface area contributed by atoms with E-state index in [0.29, 0.717) is 5.69 Å².